The van der Waals surface area contributed by atoms with Gasteiger partial charge in [0.1, 0.15) is 23.2 Å². The van der Waals surface area contributed by atoms with Crippen LogP contribution in [-0.4, -0.2) is 13.0 Å². The van der Waals surface area contributed by atoms with Gasteiger partial charge >= 0.3 is 0 Å². The molecule has 6 heteroatoms. The van der Waals surface area contributed by atoms with Gasteiger partial charge in [0.25, 0.3) is 5.91 Å². The fourth-order valence-corrected chi connectivity index (χ4v) is 3.34. The number of aryl methyl sites for hydroxylation is 1. The number of ether oxygens (including phenoxy) is 1. The first kappa shape index (κ1) is 22.1. The molecule has 31 heavy (non-hydrogen) atoms. The molecule has 0 fully saturated rings. The predicted octanol–water partition coefficient (Wildman–Crippen LogP) is 5.93. The number of amides is 1. The Labute approximate surface area is 185 Å². The largest absolute Gasteiger partial charge is 0.496 e. The zero-order chi connectivity index (χ0) is 22.4. The van der Waals surface area contributed by atoms with Crippen molar-refractivity contribution in [1.29, 1.82) is 5.26 Å². The lowest BCUT2D eigenvalue weighted by Crippen LogP contribution is -2.13. The minimum Gasteiger partial charge on any atom is -0.496 e. The number of hydrogen-bond acceptors (Lipinski definition) is 3. The quantitative estimate of drug-likeness (QED) is 0.386. The Morgan fingerprint density at radius 2 is 1.90 bits per heavy atom. The molecule has 0 saturated carbocycles. The van der Waals surface area contributed by atoms with E-state index in [1.807, 2.05) is 25.1 Å². The summed E-state index contributed by atoms with van der Waals surface area (Å²) in [6.45, 7) is 1.94. The highest BCUT2D eigenvalue weighted by Crippen LogP contribution is 2.32. The summed E-state index contributed by atoms with van der Waals surface area (Å²) in [5.74, 6) is -0.417. The average molecular weight is 435 g/mol. The second-order valence-electron chi connectivity index (χ2n) is 6.94. The van der Waals surface area contributed by atoms with Gasteiger partial charge in [0, 0.05) is 22.7 Å². The monoisotopic (exact) mass is 434 g/mol. The molecule has 3 aromatic carbocycles. The van der Waals surface area contributed by atoms with E-state index in [1.165, 1.54) is 19.3 Å². The van der Waals surface area contributed by atoms with Gasteiger partial charge in [0.05, 0.1) is 7.11 Å². The van der Waals surface area contributed by atoms with E-state index in [1.54, 1.807) is 42.5 Å². The maximum atomic E-state index is 14.1. The summed E-state index contributed by atoms with van der Waals surface area (Å²) in [6, 6.07) is 18.9. The maximum Gasteiger partial charge on any atom is 0.266 e. The predicted molar refractivity (Wildman–Crippen MR) is 121 cm³/mol. The SMILES string of the molecule is COc1cc(/C=C(\C#N)C(=O)Nc2ccc(C)cc2)cc(Cl)c1Cc1ccccc1F. The molecule has 0 aliphatic rings. The van der Waals surface area contributed by atoms with Crippen LogP contribution >= 0.6 is 11.6 Å². The Morgan fingerprint density at radius 1 is 1.19 bits per heavy atom. The highest BCUT2D eigenvalue weighted by molar-refractivity contribution is 6.31. The normalized spacial score (nSPS) is 11.0. The summed E-state index contributed by atoms with van der Waals surface area (Å²) in [5, 5.41) is 12.5. The molecule has 0 spiro atoms. The zero-order valence-electron chi connectivity index (χ0n) is 17.1. The highest BCUT2D eigenvalue weighted by Gasteiger charge is 2.15. The number of rotatable bonds is 6. The van der Waals surface area contributed by atoms with Gasteiger partial charge < -0.3 is 10.1 Å². The van der Waals surface area contributed by atoms with Crippen LogP contribution in [0.25, 0.3) is 6.08 Å². The first-order valence-corrected chi connectivity index (χ1v) is 9.88. The number of anilines is 1. The molecular weight excluding hydrogens is 415 g/mol. The summed E-state index contributed by atoms with van der Waals surface area (Å²) < 4.78 is 19.5. The molecule has 0 aliphatic carbocycles. The third-order valence-corrected chi connectivity index (χ3v) is 5.04. The van der Waals surface area contributed by atoms with E-state index >= 15 is 0 Å². The van der Waals surface area contributed by atoms with E-state index < -0.39 is 5.91 Å². The topological polar surface area (TPSA) is 62.1 Å². The van der Waals surface area contributed by atoms with Crippen LogP contribution in [0, 0.1) is 24.1 Å². The van der Waals surface area contributed by atoms with E-state index in [-0.39, 0.29) is 17.8 Å². The van der Waals surface area contributed by atoms with Crippen molar-refractivity contribution in [2.24, 2.45) is 0 Å². The Kier molecular flexibility index (Phi) is 7.07. The Hall–Kier alpha value is -3.62. The molecule has 1 amide bonds. The minimum atomic E-state index is -0.531. The van der Waals surface area contributed by atoms with Gasteiger partial charge in [-0.15, -0.1) is 0 Å². The van der Waals surface area contributed by atoms with Crippen molar-refractivity contribution in [3.8, 4) is 11.8 Å². The molecule has 0 bridgehead atoms. The number of methoxy groups -OCH3 is 1. The number of nitriles is 1. The third-order valence-electron chi connectivity index (χ3n) is 4.71. The summed E-state index contributed by atoms with van der Waals surface area (Å²) in [6.07, 6.45) is 1.68. The summed E-state index contributed by atoms with van der Waals surface area (Å²) in [7, 11) is 1.49. The lowest BCUT2D eigenvalue weighted by molar-refractivity contribution is -0.112. The number of hydrogen-bond donors (Lipinski definition) is 1. The summed E-state index contributed by atoms with van der Waals surface area (Å²) in [5.41, 5.74) is 3.20. The van der Waals surface area contributed by atoms with Crippen molar-refractivity contribution in [3.05, 3.63) is 99.3 Å². The van der Waals surface area contributed by atoms with Gasteiger partial charge in [-0.2, -0.15) is 5.26 Å². The molecule has 0 radical (unpaired) electrons. The van der Waals surface area contributed by atoms with Gasteiger partial charge in [0.2, 0.25) is 0 Å². The van der Waals surface area contributed by atoms with Crippen LogP contribution in [0.5, 0.6) is 5.75 Å². The van der Waals surface area contributed by atoms with Crippen molar-refractivity contribution in [3.63, 3.8) is 0 Å². The number of carbonyl (C=O) groups excluding carboxylic acids is 1. The van der Waals surface area contributed by atoms with Crippen LogP contribution in [0.4, 0.5) is 10.1 Å². The number of halogens is 2. The van der Waals surface area contributed by atoms with Gasteiger partial charge in [-0.3, -0.25) is 4.79 Å². The Bertz CT molecular complexity index is 1180. The maximum absolute atomic E-state index is 14.1. The summed E-state index contributed by atoms with van der Waals surface area (Å²) in [4.78, 5) is 12.5. The van der Waals surface area contributed by atoms with Crippen LogP contribution in [0.3, 0.4) is 0 Å². The Morgan fingerprint density at radius 3 is 2.55 bits per heavy atom. The van der Waals surface area contributed by atoms with Crippen LogP contribution in [0.2, 0.25) is 5.02 Å². The molecule has 0 unspecified atom stereocenters. The fourth-order valence-electron chi connectivity index (χ4n) is 3.05. The van der Waals surface area contributed by atoms with Crippen molar-refractivity contribution >= 4 is 29.3 Å². The smallest absolute Gasteiger partial charge is 0.266 e. The second-order valence-corrected chi connectivity index (χ2v) is 7.35. The van der Waals surface area contributed by atoms with Crippen LogP contribution < -0.4 is 10.1 Å². The fraction of sp³-hybridized carbons (Fsp3) is 0.120. The van der Waals surface area contributed by atoms with Gasteiger partial charge in [0.15, 0.2) is 0 Å². The molecule has 156 valence electrons. The van der Waals surface area contributed by atoms with E-state index in [0.29, 0.717) is 33.1 Å². The molecular formula is C25H20ClFN2O2. The average Bonchev–Trinajstić information content (AvgIpc) is 2.76. The highest BCUT2D eigenvalue weighted by atomic mass is 35.5. The van der Waals surface area contributed by atoms with Crippen molar-refractivity contribution in [2.45, 2.75) is 13.3 Å². The zero-order valence-corrected chi connectivity index (χ0v) is 17.8. The van der Waals surface area contributed by atoms with Crippen LogP contribution in [-0.2, 0) is 11.2 Å². The molecule has 4 nitrogen and oxygen atoms in total. The van der Waals surface area contributed by atoms with E-state index in [9.17, 15) is 14.4 Å². The van der Waals surface area contributed by atoms with Gasteiger partial charge in [-0.25, -0.2) is 4.39 Å². The number of carbonyl (C=O) groups is 1. The second kappa shape index (κ2) is 9.92. The molecule has 3 rings (SSSR count). The third kappa shape index (κ3) is 5.50. The molecule has 0 atom stereocenters. The molecule has 0 aliphatic heterocycles. The molecule has 3 aromatic rings. The lowest BCUT2D eigenvalue weighted by Gasteiger charge is -2.13. The van der Waals surface area contributed by atoms with Crippen molar-refractivity contribution in [1.82, 2.24) is 0 Å². The van der Waals surface area contributed by atoms with Crippen LogP contribution in [0.15, 0.2) is 66.2 Å². The Balaban J connectivity index is 1.89. The number of nitrogens with zero attached hydrogens (tertiary/aromatic N) is 1. The number of nitrogens with one attached hydrogen (secondary N) is 1. The van der Waals surface area contributed by atoms with E-state index in [4.69, 9.17) is 16.3 Å². The number of benzene rings is 3. The van der Waals surface area contributed by atoms with Gasteiger partial charge in [-0.05, 0) is 54.5 Å². The van der Waals surface area contributed by atoms with Crippen molar-refractivity contribution in [2.75, 3.05) is 12.4 Å². The molecule has 1 N–H and O–H groups in total. The van der Waals surface area contributed by atoms with E-state index in [2.05, 4.69) is 5.32 Å². The molecule has 0 aromatic heterocycles. The van der Waals surface area contributed by atoms with Gasteiger partial charge in [-0.1, -0.05) is 47.5 Å². The van der Waals surface area contributed by atoms with E-state index in [0.717, 1.165) is 5.56 Å². The molecule has 0 heterocycles. The summed E-state index contributed by atoms with van der Waals surface area (Å²) >= 11 is 6.45. The first-order valence-electron chi connectivity index (χ1n) is 9.51. The molecule has 0 saturated heterocycles. The minimum absolute atomic E-state index is 0.0828. The standard InChI is InChI=1S/C25H20ClFN2O2/c1-16-7-9-20(10-8-16)29-25(30)19(15-28)11-17-12-22(26)21(24(13-17)31-2)14-18-5-3-4-6-23(18)27/h3-13H,14H2,1-2H3,(H,29,30)/b19-11+. The lowest BCUT2D eigenvalue weighted by atomic mass is 10.0. The first-order chi connectivity index (χ1) is 14.9. The van der Waals surface area contributed by atoms with Crippen LogP contribution in [0.1, 0.15) is 22.3 Å². The van der Waals surface area contributed by atoms with Crippen molar-refractivity contribution < 1.29 is 13.9 Å².